The van der Waals surface area contributed by atoms with Gasteiger partial charge < -0.3 is 4.74 Å². The Labute approximate surface area is 135 Å². The summed E-state index contributed by atoms with van der Waals surface area (Å²) in [5.41, 5.74) is 4.46. The number of rotatable bonds is 7. The number of carbonyl (C=O) groups excluding carboxylic acids is 1. The summed E-state index contributed by atoms with van der Waals surface area (Å²) < 4.78 is 5.15. The number of aryl methyl sites for hydroxylation is 1. The molecule has 0 fully saturated rings. The summed E-state index contributed by atoms with van der Waals surface area (Å²) in [7, 11) is 0. The summed E-state index contributed by atoms with van der Waals surface area (Å²) in [4.78, 5) is 11.7. The number of nitriles is 1. The van der Waals surface area contributed by atoms with E-state index in [2.05, 4.69) is 10.5 Å². The van der Waals surface area contributed by atoms with Crippen LogP contribution in [0.3, 0.4) is 0 Å². The maximum atomic E-state index is 11.7. The van der Waals surface area contributed by atoms with Crippen molar-refractivity contribution in [3.05, 3.63) is 65.7 Å². The van der Waals surface area contributed by atoms with Gasteiger partial charge in [0.25, 0.3) is 0 Å². The van der Waals surface area contributed by atoms with Gasteiger partial charge in [-0.15, -0.1) is 0 Å². The molecule has 0 unspecified atom stereocenters. The predicted octanol–water partition coefficient (Wildman–Crippen LogP) is 2.67. The van der Waals surface area contributed by atoms with Gasteiger partial charge in [0.2, 0.25) is 5.91 Å². The second kappa shape index (κ2) is 9.00. The lowest BCUT2D eigenvalue weighted by atomic mass is 10.1. The Kier molecular flexibility index (Phi) is 6.36. The fourth-order valence-corrected chi connectivity index (χ4v) is 1.90. The lowest BCUT2D eigenvalue weighted by Gasteiger charge is -2.02. The van der Waals surface area contributed by atoms with Crippen LogP contribution in [0.25, 0.3) is 0 Å². The number of hydrazone groups is 1. The summed E-state index contributed by atoms with van der Waals surface area (Å²) in [5.74, 6) is 0.495. The maximum Gasteiger partial charge on any atom is 0.240 e. The summed E-state index contributed by atoms with van der Waals surface area (Å²) in [6, 6.07) is 18.8. The van der Waals surface area contributed by atoms with Crippen LogP contribution in [0, 0.1) is 11.3 Å². The fraction of sp³-hybridized carbons (Fsp3) is 0.167. The number of hydrogen-bond acceptors (Lipinski definition) is 4. The summed E-state index contributed by atoms with van der Waals surface area (Å²) in [6.45, 7) is 0.0188. The Bertz CT molecular complexity index is 688. The minimum absolute atomic E-state index is 0.0188. The van der Waals surface area contributed by atoms with Gasteiger partial charge in [0, 0.05) is 6.42 Å². The molecule has 116 valence electrons. The molecule has 0 atom stereocenters. The third-order valence-corrected chi connectivity index (χ3v) is 3.07. The average Bonchev–Trinajstić information content (AvgIpc) is 2.60. The lowest BCUT2D eigenvalue weighted by molar-refractivity contribution is -0.121. The van der Waals surface area contributed by atoms with Crippen LogP contribution in [0.2, 0.25) is 0 Å². The van der Waals surface area contributed by atoms with E-state index in [1.807, 2.05) is 36.4 Å². The molecule has 0 aliphatic heterocycles. The van der Waals surface area contributed by atoms with Crippen LogP contribution < -0.4 is 10.2 Å². The van der Waals surface area contributed by atoms with Gasteiger partial charge in [0.05, 0.1) is 6.21 Å². The zero-order chi connectivity index (χ0) is 16.3. The van der Waals surface area contributed by atoms with Crippen molar-refractivity contribution in [1.29, 1.82) is 5.26 Å². The molecule has 5 heteroatoms. The first-order valence-corrected chi connectivity index (χ1v) is 7.23. The SMILES string of the molecule is N#CCOc1ccc(/C=N\NC(=O)CCc2ccccc2)cc1. The Morgan fingerprint density at radius 3 is 2.61 bits per heavy atom. The standard InChI is InChI=1S/C18H17N3O2/c19-12-13-23-17-9-6-16(7-10-17)14-20-21-18(22)11-8-15-4-2-1-3-5-15/h1-7,9-10,14H,8,11,13H2,(H,21,22)/b20-14-. The first kappa shape index (κ1) is 16.2. The van der Waals surface area contributed by atoms with E-state index in [1.54, 1.807) is 30.5 Å². The second-order valence-electron chi connectivity index (χ2n) is 4.79. The number of amides is 1. The monoisotopic (exact) mass is 307 g/mol. The second-order valence-corrected chi connectivity index (χ2v) is 4.79. The summed E-state index contributed by atoms with van der Waals surface area (Å²) >= 11 is 0. The van der Waals surface area contributed by atoms with E-state index in [4.69, 9.17) is 10.00 Å². The Morgan fingerprint density at radius 2 is 1.91 bits per heavy atom. The summed E-state index contributed by atoms with van der Waals surface area (Å²) in [6.07, 6.45) is 2.64. The normalized spacial score (nSPS) is 10.2. The molecule has 0 aliphatic carbocycles. The molecule has 0 saturated heterocycles. The minimum Gasteiger partial charge on any atom is -0.479 e. The third kappa shape index (κ3) is 6.02. The lowest BCUT2D eigenvalue weighted by Crippen LogP contribution is -2.17. The van der Waals surface area contributed by atoms with Gasteiger partial charge in [-0.05, 0) is 41.8 Å². The number of hydrogen-bond donors (Lipinski definition) is 1. The first-order valence-electron chi connectivity index (χ1n) is 7.23. The molecule has 0 saturated carbocycles. The van der Waals surface area contributed by atoms with Gasteiger partial charge in [0.1, 0.15) is 11.8 Å². The van der Waals surface area contributed by atoms with Crippen LogP contribution in [-0.2, 0) is 11.2 Å². The van der Waals surface area contributed by atoms with Crippen molar-refractivity contribution >= 4 is 12.1 Å². The first-order chi connectivity index (χ1) is 11.3. The van der Waals surface area contributed by atoms with Gasteiger partial charge in [-0.25, -0.2) is 5.43 Å². The maximum absolute atomic E-state index is 11.7. The van der Waals surface area contributed by atoms with Crippen molar-refractivity contribution in [3.8, 4) is 11.8 Å². The third-order valence-electron chi connectivity index (χ3n) is 3.07. The molecule has 5 nitrogen and oxygen atoms in total. The Morgan fingerprint density at radius 1 is 1.17 bits per heavy atom. The minimum atomic E-state index is -0.126. The highest BCUT2D eigenvalue weighted by Gasteiger charge is 2.00. The highest BCUT2D eigenvalue weighted by Crippen LogP contribution is 2.10. The molecular formula is C18H17N3O2. The van der Waals surface area contributed by atoms with Crippen LogP contribution in [0.15, 0.2) is 59.7 Å². The molecular weight excluding hydrogens is 290 g/mol. The van der Waals surface area contributed by atoms with Crippen LogP contribution >= 0.6 is 0 Å². The van der Waals surface area contributed by atoms with E-state index in [1.165, 1.54) is 0 Å². The van der Waals surface area contributed by atoms with Crippen LogP contribution in [-0.4, -0.2) is 18.7 Å². The van der Waals surface area contributed by atoms with E-state index < -0.39 is 0 Å². The number of benzene rings is 2. The van der Waals surface area contributed by atoms with Crippen molar-refractivity contribution < 1.29 is 9.53 Å². The average molecular weight is 307 g/mol. The summed E-state index contributed by atoms with van der Waals surface area (Å²) in [5, 5.41) is 12.4. The van der Waals surface area contributed by atoms with E-state index in [-0.39, 0.29) is 12.5 Å². The smallest absolute Gasteiger partial charge is 0.240 e. The predicted molar refractivity (Wildman–Crippen MR) is 88.0 cm³/mol. The number of carbonyl (C=O) groups is 1. The molecule has 2 aromatic rings. The highest BCUT2D eigenvalue weighted by atomic mass is 16.5. The fourth-order valence-electron chi connectivity index (χ4n) is 1.90. The number of nitrogens with zero attached hydrogens (tertiary/aromatic N) is 2. The molecule has 2 rings (SSSR count). The van der Waals surface area contributed by atoms with E-state index in [0.717, 1.165) is 11.1 Å². The van der Waals surface area contributed by atoms with Crippen molar-refractivity contribution in [2.24, 2.45) is 5.10 Å². The van der Waals surface area contributed by atoms with Crippen LogP contribution in [0.4, 0.5) is 0 Å². The molecule has 2 aromatic carbocycles. The zero-order valence-electron chi connectivity index (χ0n) is 12.6. The molecule has 0 radical (unpaired) electrons. The van der Waals surface area contributed by atoms with Crippen molar-refractivity contribution in [3.63, 3.8) is 0 Å². The van der Waals surface area contributed by atoms with Gasteiger partial charge in [-0.1, -0.05) is 30.3 Å². The van der Waals surface area contributed by atoms with Crippen LogP contribution in [0.1, 0.15) is 17.5 Å². The van der Waals surface area contributed by atoms with Gasteiger partial charge in [0.15, 0.2) is 6.61 Å². The van der Waals surface area contributed by atoms with Gasteiger partial charge >= 0.3 is 0 Å². The zero-order valence-corrected chi connectivity index (χ0v) is 12.6. The van der Waals surface area contributed by atoms with Crippen molar-refractivity contribution in [2.75, 3.05) is 6.61 Å². The molecule has 0 aliphatic rings. The molecule has 0 bridgehead atoms. The molecule has 0 spiro atoms. The number of nitrogens with one attached hydrogen (secondary N) is 1. The Hall–Kier alpha value is -3.13. The Balaban J connectivity index is 1.75. The highest BCUT2D eigenvalue weighted by molar-refractivity contribution is 5.82. The molecule has 0 aromatic heterocycles. The molecule has 0 heterocycles. The topological polar surface area (TPSA) is 74.5 Å². The van der Waals surface area contributed by atoms with E-state index in [0.29, 0.717) is 18.6 Å². The van der Waals surface area contributed by atoms with Gasteiger partial charge in [-0.2, -0.15) is 10.4 Å². The van der Waals surface area contributed by atoms with Crippen LogP contribution in [0.5, 0.6) is 5.75 Å². The van der Waals surface area contributed by atoms with E-state index in [9.17, 15) is 4.79 Å². The molecule has 1 N–H and O–H groups in total. The number of ether oxygens (including phenoxy) is 1. The largest absolute Gasteiger partial charge is 0.479 e. The van der Waals surface area contributed by atoms with Crippen molar-refractivity contribution in [1.82, 2.24) is 5.43 Å². The van der Waals surface area contributed by atoms with Crippen molar-refractivity contribution in [2.45, 2.75) is 12.8 Å². The van der Waals surface area contributed by atoms with Gasteiger partial charge in [-0.3, -0.25) is 4.79 Å². The quantitative estimate of drug-likeness (QED) is 0.631. The molecule has 1 amide bonds. The van der Waals surface area contributed by atoms with E-state index >= 15 is 0 Å². The molecule has 23 heavy (non-hydrogen) atoms.